The van der Waals surface area contributed by atoms with Crippen LogP contribution in [-0.2, 0) is 4.79 Å². The fourth-order valence-electron chi connectivity index (χ4n) is 3.72. The highest BCUT2D eigenvalue weighted by molar-refractivity contribution is 5.92. The molecular weight excluding hydrogens is 347 g/mol. The fraction of sp³-hybridized carbons (Fsp3) is 0.381. The smallest absolute Gasteiger partial charge is 0.238 e. The van der Waals surface area contributed by atoms with Crippen molar-refractivity contribution < 1.29 is 18.7 Å². The van der Waals surface area contributed by atoms with E-state index in [1.54, 1.807) is 18.2 Å². The lowest BCUT2D eigenvalue weighted by atomic mass is 10.0. The molecule has 6 heteroatoms. The summed E-state index contributed by atoms with van der Waals surface area (Å²) in [7, 11) is 0. The largest absolute Gasteiger partial charge is 0.490 e. The molecule has 27 heavy (non-hydrogen) atoms. The molecule has 1 N–H and O–H groups in total. The van der Waals surface area contributed by atoms with Gasteiger partial charge in [-0.15, -0.1) is 0 Å². The van der Waals surface area contributed by atoms with Gasteiger partial charge in [-0.25, -0.2) is 4.39 Å². The molecule has 4 rings (SSSR count). The van der Waals surface area contributed by atoms with Crippen LogP contribution in [0.1, 0.15) is 30.9 Å². The van der Waals surface area contributed by atoms with Crippen LogP contribution in [0.4, 0.5) is 10.1 Å². The third-order valence-corrected chi connectivity index (χ3v) is 5.01. The zero-order chi connectivity index (χ0) is 18.6. The van der Waals surface area contributed by atoms with Crippen LogP contribution < -0.4 is 14.8 Å². The predicted molar refractivity (Wildman–Crippen MR) is 101 cm³/mol. The number of carbonyl (C=O) groups excluding carboxylic acids is 1. The first kappa shape index (κ1) is 17.8. The number of rotatable bonds is 4. The van der Waals surface area contributed by atoms with Crippen molar-refractivity contribution in [3.8, 4) is 11.5 Å². The third-order valence-electron chi connectivity index (χ3n) is 5.01. The van der Waals surface area contributed by atoms with E-state index >= 15 is 0 Å². The van der Waals surface area contributed by atoms with Crippen LogP contribution in [0.5, 0.6) is 11.5 Å². The minimum atomic E-state index is -0.424. The van der Waals surface area contributed by atoms with Gasteiger partial charge in [-0.2, -0.15) is 0 Å². The molecule has 0 saturated carbocycles. The van der Waals surface area contributed by atoms with Crippen molar-refractivity contribution in [1.29, 1.82) is 0 Å². The van der Waals surface area contributed by atoms with Crippen LogP contribution in [0.2, 0.25) is 0 Å². The van der Waals surface area contributed by atoms with Crippen LogP contribution >= 0.6 is 0 Å². The fourth-order valence-corrected chi connectivity index (χ4v) is 3.72. The Hall–Kier alpha value is -2.60. The minimum absolute atomic E-state index is 0.147. The number of amides is 1. The van der Waals surface area contributed by atoms with Gasteiger partial charge in [-0.3, -0.25) is 9.69 Å². The van der Waals surface area contributed by atoms with Crippen molar-refractivity contribution >= 4 is 11.6 Å². The van der Waals surface area contributed by atoms with Gasteiger partial charge in [0.2, 0.25) is 5.91 Å². The van der Waals surface area contributed by atoms with E-state index in [4.69, 9.17) is 9.47 Å². The SMILES string of the molecule is O=C(CN1CCCC1c1ccc2c(c1)OCCCO2)Nc1ccccc1F. The number of carbonyl (C=O) groups is 1. The standard InChI is InChI=1S/C21H23FN2O3/c22-16-5-1-2-6-17(16)23-21(25)14-24-10-3-7-18(24)15-8-9-19-20(13-15)27-12-4-11-26-19/h1-2,5-6,8-9,13,18H,3-4,7,10-12,14H2,(H,23,25). The van der Waals surface area contributed by atoms with Crippen molar-refractivity contribution in [2.24, 2.45) is 0 Å². The Bertz CT molecular complexity index is 827. The number of benzene rings is 2. The second-order valence-electron chi connectivity index (χ2n) is 6.91. The summed E-state index contributed by atoms with van der Waals surface area (Å²) in [6, 6.07) is 12.4. The average molecular weight is 370 g/mol. The predicted octanol–water partition coefficient (Wildman–Crippen LogP) is 3.76. The highest BCUT2D eigenvalue weighted by Gasteiger charge is 2.28. The lowest BCUT2D eigenvalue weighted by Crippen LogP contribution is -2.33. The lowest BCUT2D eigenvalue weighted by molar-refractivity contribution is -0.117. The zero-order valence-electron chi connectivity index (χ0n) is 15.1. The molecule has 2 aliphatic heterocycles. The van der Waals surface area contributed by atoms with Crippen molar-refractivity contribution in [3.63, 3.8) is 0 Å². The second-order valence-corrected chi connectivity index (χ2v) is 6.91. The number of likely N-dealkylation sites (tertiary alicyclic amines) is 1. The Balaban J connectivity index is 1.45. The van der Waals surface area contributed by atoms with Gasteiger partial charge in [0.25, 0.3) is 0 Å². The van der Waals surface area contributed by atoms with Gasteiger partial charge in [0.05, 0.1) is 25.4 Å². The number of ether oxygens (including phenoxy) is 2. The molecule has 0 bridgehead atoms. The summed E-state index contributed by atoms with van der Waals surface area (Å²) in [6.07, 6.45) is 2.87. The molecular formula is C21H23FN2O3. The molecule has 0 aliphatic carbocycles. The van der Waals surface area contributed by atoms with E-state index in [-0.39, 0.29) is 24.2 Å². The molecule has 2 aliphatic rings. The van der Waals surface area contributed by atoms with E-state index in [9.17, 15) is 9.18 Å². The number of nitrogens with one attached hydrogen (secondary N) is 1. The van der Waals surface area contributed by atoms with E-state index in [1.807, 2.05) is 18.2 Å². The summed E-state index contributed by atoms with van der Waals surface area (Å²) < 4.78 is 25.2. The molecule has 0 spiro atoms. The van der Waals surface area contributed by atoms with Crippen molar-refractivity contribution in [2.75, 3.05) is 31.6 Å². The van der Waals surface area contributed by atoms with Crippen LogP contribution in [-0.4, -0.2) is 37.1 Å². The maximum Gasteiger partial charge on any atom is 0.238 e. The van der Waals surface area contributed by atoms with Gasteiger partial charge < -0.3 is 14.8 Å². The molecule has 1 atom stereocenters. The van der Waals surface area contributed by atoms with E-state index in [2.05, 4.69) is 10.2 Å². The average Bonchev–Trinajstić information content (AvgIpc) is 2.99. The Morgan fingerprint density at radius 1 is 1.11 bits per heavy atom. The summed E-state index contributed by atoms with van der Waals surface area (Å²) in [4.78, 5) is 14.5. The summed E-state index contributed by atoms with van der Waals surface area (Å²) in [5.41, 5.74) is 1.34. The lowest BCUT2D eigenvalue weighted by Gasteiger charge is -2.25. The number of nitrogens with zero attached hydrogens (tertiary/aromatic N) is 1. The summed E-state index contributed by atoms with van der Waals surface area (Å²) in [6.45, 7) is 2.38. The van der Waals surface area contributed by atoms with E-state index in [0.717, 1.165) is 42.9 Å². The van der Waals surface area contributed by atoms with Crippen LogP contribution in [0.25, 0.3) is 0 Å². The van der Waals surface area contributed by atoms with Gasteiger partial charge >= 0.3 is 0 Å². The van der Waals surface area contributed by atoms with E-state index in [1.165, 1.54) is 6.07 Å². The molecule has 1 saturated heterocycles. The summed E-state index contributed by atoms with van der Waals surface area (Å²) >= 11 is 0. The quantitative estimate of drug-likeness (QED) is 0.890. The van der Waals surface area contributed by atoms with Crippen molar-refractivity contribution in [1.82, 2.24) is 4.90 Å². The second kappa shape index (κ2) is 7.96. The third kappa shape index (κ3) is 4.06. The monoisotopic (exact) mass is 370 g/mol. The molecule has 0 radical (unpaired) electrons. The number of hydrogen-bond donors (Lipinski definition) is 1. The van der Waals surface area contributed by atoms with Crippen LogP contribution in [0, 0.1) is 5.82 Å². The number of fused-ring (bicyclic) bond motifs is 1. The Morgan fingerprint density at radius 3 is 2.78 bits per heavy atom. The van der Waals surface area contributed by atoms with Crippen molar-refractivity contribution in [3.05, 3.63) is 53.8 Å². The molecule has 2 aromatic carbocycles. The van der Waals surface area contributed by atoms with Gasteiger partial charge in [0.1, 0.15) is 5.82 Å². The maximum atomic E-state index is 13.7. The Kier molecular flexibility index (Phi) is 5.25. The number of halogens is 1. The van der Waals surface area contributed by atoms with Crippen molar-refractivity contribution in [2.45, 2.75) is 25.3 Å². The zero-order valence-corrected chi connectivity index (χ0v) is 15.1. The molecule has 2 aromatic rings. The molecule has 0 aromatic heterocycles. The topological polar surface area (TPSA) is 50.8 Å². The van der Waals surface area contributed by atoms with Gasteiger partial charge in [-0.1, -0.05) is 18.2 Å². The molecule has 1 amide bonds. The summed E-state index contributed by atoms with van der Waals surface area (Å²) in [5, 5.41) is 2.67. The Labute approximate surface area is 158 Å². The number of para-hydroxylation sites is 1. The van der Waals surface area contributed by atoms with Crippen LogP contribution in [0.15, 0.2) is 42.5 Å². The highest BCUT2D eigenvalue weighted by atomic mass is 19.1. The normalized spacial score (nSPS) is 19.5. The first-order valence-electron chi connectivity index (χ1n) is 9.39. The van der Waals surface area contributed by atoms with Gasteiger partial charge in [0.15, 0.2) is 11.5 Å². The van der Waals surface area contributed by atoms with E-state index < -0.39 is 5.82 Å². The van der Waals surface area contributed by atoms with Crippen LogP contribution in [0.3, 0.4) is 0 Å². The minimum Gasteiger partial charge on any atom is -0.490 e. The molecule has 142 valence electrons. The molecule has 1 fully saturated rings. The first-order chi connectivity index (χ1) is 13.2. The summed E-state index contributed by atoms with van der Waals surface area (Å²) in [5.74, 6) is 0.916. The van der Waals surface area contributed by atoms with E-state index in [0.29, 0.717) is 13.2 Å². The number of anilines is 1. The van der Waals surface area contributed by atoms with Gasteiger partial charge in [-0.05, 0) is 49.2 Å². The highest BCUT2D eigenvalue weighted by Crippen LogP contribution is 2.37. The Morgan fingerprint density at radius 2 is 1.93 bits per heavy atom. The van der Waals surface area contributed by atoms with Gasteiger partial charge in [0, 0.05) is 12.5 Å². The number of hydrogen-bond acceptors (Lipinski definition) is 4. The first-order valence-corrected chi connectivity index (χ1v) is 9.39. The molecule has 1 unspecified atom stereocenters. The molecule has 2 heterocycles. The maximum absolute atomic E-state index is 13.7. The molecule has 5 nitrogen and oxygen atoms in total.